The molecular weight excluding hydrogens is 188 g/mol. The molecular formula is C13H18O2. The molecule has 0 bridgehead atoms. The van der Waals surface area contributed by atoms with Gasteiger partial charge in [-0.05, 0) is 32.1 Å². The third-order valence-electron chi connectivity index (χ3n) is 3.11. The van der Waals surface area contributed by atoms with Crippen molar-refractivity contribution in [2.75, 3.05) is 0 Å². The molecule has 2 aliphatic rings. The van der Waals surface area contributed by atoms with Gasteiger partial charge in [-0.15, -0.1) is 0 Å². The minimum atomic E-state index is 0.0136. The van der Waals surface area contributed by atoms with Crippen molar-refractivity contribution >= 4 is 5.97 Å². The lowest BCUT2D eigenvalue weighted by molar-refractivity contribution is -0.154. The summed E-state index contributed by atoms with van der Waals surface area (Å²) < 4.78 is 5.51. The lowest BCUT2D eigenvalue weighted by atomic mass is 9.94. The van der Waals surface area contributed by atoms with Crippen LogP contribution >= 0.6 is 0 Å². The van der Waals surface area contributed by atoms with Crippen LogP contribution in [0.1, 0.15) is 38.5 Å². The Bertz CT molecular complexity index is 278. The van der Waals surface area contributed by atoms with Gasteiger partial charge < -0.3 is 4.74 Å². The average Bonchev–Trinajstić information content (AvgIpc) is 2.31. The molecule has 0 aromatic heterocycles. The second-order valence-electron chi connectivity index (χ2n) is 4.32. The van der Waals surface area contributed by atoms with E-state index < -0.39 is 0 Å². The molecule has 0 aromatic rings. The van der Waals surface area contributed by atoms with Crippen molar-refractivity contribution in [1.82, 2.24) is 0 Å². The third-order valence-corrected chi connectivity index (χ3v) is 3.11. The quantitative estimate of drug-likeness (QED) is 0.513. The summed E-state index contributed by atoms with van der Waals surface area (Å²) >= 11 is 0. The Labute approximate surface area is 91.0 Å². The number of rotatable bonds is 2. The number of ether oxygens (including phenoxy) is 1. The molecule has 2 rings (SSSR count). The van der Waals surface area contributed by atoms with Crippen molar-refractivity contribution in [3.63, 3.8) is 0 Å². The van der Waals surface area contributed by atoms with Crippen LogP contribution in [0.25, 0.3) is 0 Å². The second-order valence-corrected chi connectivity index (χ2v) is 4.32. The molecule has 0 unspecified atom stereocenters. The highest BCUT2D eigenvalue weighted by Crippen LogP contribution is 2.22. The van der Waals surface area contributed by atoms with Gasteiger partial charge in [-0.2, -0.15) is 0 Å². The minimum absolute atomic E-state index is 0.0136. The Morgan fingerprint density at radius 1 is 1.00 bits per heavy atom. The van der Waals surface area contributed by atoms with Gasteiger partial charge in [-0.1, -0.05) is 24.3 Å². The Hall–Kier alpha value is -1.05. The molecule has 2 heteroatoms. The van der Waals surface area contributed by atoms with E-state index in [4.69, 9.17) is 4.74 Å². The van der Waals surface area contributed by atoms with Crippen molar-refractivity contribution in [3.05, 3.63) is 24.3 Å². The predicted molar refractivity (Wildman–Crippen MR) is 59.4 cm³/mol. The van der Waals surface area contributed by atoms with Gasteiger partial charge in [0.1, 0.15) is 6.10 Å². The molecule has 0 radical (unpaired) electrons. The number of carbonyl (C=O) groups is 1. The van der Waals surface area contributed by atoms with E-state index in [-0.39, 0.29) is 18.0 Å². The van der Waals surface area contributed by atoms with Gasteiger partial charge in [-0.3, -0.25) is 4.79 Å². The summed E-state index contributed by atoms with van der Waals surface area (Å²) in [5.74, 6) is 0.126. The number of carbonyl (C=O) groups excluding carboxylic acids is 1. The highest BCUT2D eigenvalue weighted by molar-refractivity contribution is 5.73. The Kier molecular flexibility index (Phi) is 3.59. The molecule has 2 nitrogen and oxygen atoms in total. The number of esters is 1. The standard InChI is InChI=1S/C13H18O2/c14-13(11-7-3-1-4-8-11)15-12-9-5-2-6-10-12/h1-3,5,11-12H,4,6-10H2/t11-,12+/m1/s1. The van der Waals surface area contributed by atoms with Gasteiger partial charge in [0.2, 0.25) is 0 Å². The first-order valence-electron chi connectivity index (χ1n) is 5.87. The van der Waals surface area contributed by atoms with Crippen LogP contribution < -0.4 is 0 Å². The molecule has 2 aliphatic carbocycles. The second kappa shape index (κ2) is 5.15. The molecule has 82 valence electrons. The van der Waals surface area contributed by atoms with Crippen molar-refractivity contribution < 1.29 is 9.53 Å². The van der Waals surface area contributed by atoms with Crippen LogP contribution in [0.15, 0.2) is 24.3 Å². The van der Waals surface area contributed by atoms with Crippen LogP contribution in [0.3, 0.4) is 0 Å². The van der Waals surface area contributed by atoms with Crippen molar-refractivity contribution in [3.8, 4) is 0 Å². The molecule has 15 heavy (non-hydrogen) atoms. The number of hydrogen-bond acceptors (Lipinski definition) is 2. The van der Waals surface area contributed by atoms with E-state index in [0.29, 0.717) is 0 Å². The van der Waals surface area contributed by atoms with Crippen LogP contribution in [0.2, 0.25) is 0 Å². The summed E-state index contributed by atoms with van der Waals surface area (Å²) in [6.07, 6.45) is 14.4. The highest BCUT2D eigenvalue weighted by atomic mass is 16.5. The van der Waals surface area contributed by atoms with Gasteiger partial charge in [-0.25, -0.2) is 0 Å². The molecule has 0 spiro atoms. The normalized spacial score (nSPS) is 30.1. The van der Waals surface area contributed by atoms with Crippen LogP contribution in [0.5, 0.6) is 0 Å². The molecule has 2 atom stereocenters. The largest absolute Gasteiger partial charge is 0.462 e. The third kappa shape index (κ3) is 2.95. The summed E-state index contributed by atoms with van der Waals surface area (Å²) in [5, 5.41) is 0. The van der Waals surface area contributed by atoms with E-state index in [9.17, 15) is 4.79 Å². The summed E-state index contributed by atoms with van der Waals surface area (Å²) in [5.41, 5.74) is 0. The summed E-state index contributed by atoms with van der Waals surface area (Å²) in [6.45, 7) is 0. The molecule has 0 saturated heterocycles. The molecule has 0 heterocycles. The van der Waals surface area contributed by atoms with Gasteiger partial charge in [0.15, 0.2) is 0 Å². The Morgan fingerprint density at radius 3 is 2.33 bits per heavy atom. The van der Waals surface area contributed by atoms with E-state index in [1.165, 1.54) is 0 Å². The van der Waals surface area contributed by atoms with Crippen LogP contribution in [-0.4, -0.2) is 12.1 Å². The maximum absolute atomic E-state index is 11.8. The maximum Gasteiger partial charge on any atom is 0.309 e. The van der Waals surface area contributed by atoms with Gasteiger partial charge in [0.25, 0.3) is 0 Å². The summed E-state index contributed by atoms with van der Waals surface area (Å²) in [6, 6.07) is 0. The monoisotopic (exact) mass is 206 g/mol. The van der Waals surface area contributed by atoms with Crippen molar-refractivity contribution in [2.24, 2.45) is 5.92 Å². The number of hydrogen-bond donors (Lipinski definition) is 0. The molecule has 0 aliphatic heterocycles. The zero-order valence-corrected chi connectivity index (χ0v) is 9.02. The predicted octanol–water partition coefficient (Wildman–Crippen LogP) is 2.99. The fourth-order valence-electron chi connectivity index (χ4n) is 2.14. The smallest absolute Gasteiger partial charge is 0.309 e. The van der Waals surface area contributed by atoms with E-state index in [0.717, 1.165) is 38.5 Å². The topological polar surface area (TPSA) is 26.3 Å². The fourth-order valence-corrected chi connectivity index (χ4v) is 2.14. The average molecular weight is 206 g/mol. The van der Waals surface area contributed by atoms with E-state index in [1.54, 1.807) is 0 Å². The first-order chi connectivity index (χ1) is 7.36. The van der Waals surface area contributed by atoms with E-state index in [1.807, 2.05) is 0 Å². The van der Waals surface area contributed by atoms with E-state index in [2.05, 4.69) is 24.3 Å². The molecule has 0 saturated carbocycles. The first-order valence-corrected chi connectivity index (χ1v) is 5.87. The highest BCUT2D eigenvalue weighted by Gasteiger charge is 2.23. The lowest BCUT2D eigenvalue weighted by Crippen LogP contribution is -2.25. The van der Waals surface area contributed by atoms with E-state index >= 15 is 0 Å². The van der Waals surface area contributed by atoms with Crippen LogP contribution in [0.4, 0.5) is 0 Å². The van der Waals surface area contributed by atoms with Crippen LogP contribution in [0, 0.1) is 5.92 Å². The number of allylic oxidation sites excluding steroid dienone is 3. The minimum Gasteiger partial charge on any atom is -0.462 e. The summed E-state index contributed by atoms with van der Waals surface area (Å²) in [7, 11) is 0. The fraction of sp³-hybridized carbons (Fsp3) is 0.615. The van der Waals surface area contributed by atoms with Gasteiger partial charge in [0.05, 0.1) is 5.92 Å². The molecule has 0 N–H and O–H groups in total. The lowest BCUT2D eigenvalue weighted by Gasteiger charge is -2.22. The molecule has 0 fully saturated rings. The molecule has 0 amide bonds. The SMILES string of the molecule is O=C(O[C@H]1CC=CCC1)[C@@H]1CC=CCC1. The first kappa shape index (κ1) is 10.5. The zero-order valence-electron chi connectivity index (χ0n) is 9.02. The Morgan fingerprint density at radius 2 is 1.73 bits per heavy atom. The van der Waals surface area contributed by atoms with Crippen molar-refractivity contribution in [2.45, 2.75) is 44.6 Å². The van der Waals surface area contributed by atoms with Crippen molar-refractivity contribution in [1.29, 1.82) is 0 Å². The van der Waals surface area contributed by atoms with Gasteiger partial charge >= 0.3 is 5.97 Å². The van der Waals surface area contributed by atoms with Crippen LogP contribution in [-0.2, 0) is 9.53 Å². The maximum atomic E-state index is 11.8. The summed E-state index contributed by atoms with van der Waals surface area (Å²) in [4.78, 5) is 11.8. The van der Waals surface area contributed by atoms with Gasteiger partial charge in [0, 0.05) is 6.42 Å². The zero-order chi connectivity index (χ0) is 10.5. The Balaban J connectivity index is 1.80. The molecule has 0 aromatic carbocycles.